The molecule has 1 atom stereocenters. The van der Waals surface area contributed by atoms with E-state index in [9.17, 15) is 4.79 Å². The fraction of sp³-hybridized carbons (Fsp3) is 0.235. The number of hydrogen-bond acceptors (Lipinski definition) is 3. The van der Waals surface area contributed by atoms with Crippen LogP contribution in [0.1, 0.15) is 35.3 Å². The minimum absolute atomic E-state index is 0.142. The van der Waals surface area contributed by atoms with Gasteiger partial charge in [0, 0.05) is 5.56 Å². The Hall–Kier alpha value is -2.49. The van der Waals surface area contributed by atoms with Gasteiger partial charge >= 0.3 is 0 Å². The van der Waals surface area contributed by atoms with Gasteiger partial charge in [-0.1, -0.05) is 37.3 Å². The van der Waals surface area contributed by atoms with Crippen LogP contribution in [0.15, 0.2) is 48.5 Å². The molecule has 110 valence electrons. The van der Waals surface area contributed by atoms with E-state index in [0.717, 1.165) is 12.1 Å². The Morgan fingerprint density at radius 3 is 2.52 bits per heavy atom. The van der Waals surface area contributed by atoms with Crippen molar-refractivity contribution < 1.29 is 9.53 Å². The van der Waals surface area contributed by atoms with E-state index in [2.05, 4.69) is 24.4 Å². The van der Waals surface area contributed by atoms with E-state index in [4.69, 9.17) is 10.5 Å². The molecule has 4 heteroatoms. The average molecular weight is 284 g/mol. The fourth-order valence-electron chi connectivity index (χ4n) is 2.27. The van der Waals surface area contributed by atoms with Crippen LogP contribution >= 0.6 is 0 Å². The number of carbonyl (C=O) groups excluding carboxylic acids is 1. The van der Waals surface area contributed by atoms with Gasteiger partial charge in [0.2, 0.25) is 5.91 Å². The maximum Gasteiger partial charge on any atom is 0.248 e. The molecule has 0 aliphatic carbocycles. The normalized spacial score (nSPS) is 11.7. The number of amides is 1. The molecular formula is C17H20N2O2. The Morgan fingerprint density at radius 2 is 1.95 bits per heavy atom. The number of hydrogen-bond donors (Lipinski definition) is 2. The fourth-order valence-corrected chi connectivity index (χ4v) is 2.27. The zero-order valence-electron chi connectivity index (χ0n) is 12.3. The topological polar surface area (TPSA) is 64.3 Å². The van der Waals surface area contributed by atoms with Gasteiger partial charge in [0.05, 0.1) is 18.8 Å². The number of benzene rings is 2. The number of methoxy groups -OCH3 is 1. The van der Waals surface area contributed by atoms with Crippen molar-refractivity contribution in [1.29, 1.82) is 0 Å². The molecule has 0 aliphatic heterocycles. The third-order valence-corrected chi connectivity index (χ3v) is 3.42. The monoisotopic (exact) mass is 284 g/mol. The number of nitrogens with two attached hydrogens (primary N) is 1. The highest BCUT2D eigenvalue weighted by molar-refractivity contribution is 5.94. The van der Waals surface area contributed by atoms with Gasteiger partial charge in [-0.2, -0.15) is 0 Å². The minimum Gasteiger partial charge on any atom is -0.495 e. The number of rotatable bonds is 6. The van der Waals surface area contributed by atoms with Crippen LogP contribution in [0.3, 0.4) is 0 Å². The molecule has 0 spiro atoms. The summed E-state index contributed by atoms with van der Waals surface area (Å²) in [4.78, 5) is 11.3. The lowest BCUT2D eigenvalue weighted by Gasteiger charge is -2.21. The highest BCUT2D eigenvalue weighted by atomic mass is 16.5. The molecule has 0 heterocycles. The van der Waals surface area contributed by atoms with Crippen LogP contribution in [0.4, 0.5) is 5.69 Å². The lowest BCUT2D eigenvalue weighted by molar-refractivity contribution is 0.100. The Morgan fingerprint density at radius 1 is 1.24 bits per heavy atom. The zero-order chi connectivity index (χ0) is 15.2. The average Bonchev–Trinajstić information content (AvgIpc) is 2.53. The Bertz CT molecular complexity index is 611. The van der Waals surface area contributed by atoms with Crippen molar-refractivity contribution in [2.45, 2.75) is 19.4 Å². The van der Waals surface area contributed by atoms with Crippen LogP contribution in [0.25, 0.3) is 0 Å². The summed E-state index contributed by atoms with van der Waals surface area (Å²) in [6, 6.07) is 15.4. The maximum atomic E-state index is 11.3. The van der Waals surface area contributed by atoms with Crippen LogP contribution in [0, 0.1) is 0 Å². The molecule has 0 aromatic heterocycles. The molecule has 0 radical (unpaired) electrons. The highest BCUT2D eigenvalue weighted by Gasteiger charge is 2.13. The van der Waals surface area contributed by atoms with Crippen molar-refractivity contribution in [1.82, 2.24) is 0 Å². The first-order valence-electron chi connectivity index (χ1n) is 6.95. The first-order chi connectivity index (χ1) is 10.2. The standard InChI is InChI=1S/C17H20N2O2/c1-3-14(12-7-5-4-6-8-12)19-15-11-13(17(18)20)9-10-16(15)21-2/h4-11,14,19H,3H2,1-2H3,(H2,18,20). The molecule has 2 aromatic carbocycles. The number of ether oxygens (including phenoxy) is 1. The largest absolute Gasteiger partial charge is 0.495 e. The SMILES string of the molecule is CCC(Nc1cc(C(N)=O)ccc1OC)c1ccccc1. The van der Waals surface area contributed by atoms with Gasteiger partial charge in [0.15, 0.2) is 0 Å². The number of carbonyl (C=O) groups is 1. The van der Waals surface area contributed by atoms with Crippen molar-refractivity contribution in [2.75, 3.05) is 12.4 Å². The third-order valence-electron chi connectivity index (χ3n) is 3.42. The molecule has 0 aliphatic rings. The summed E-state index contributed by atoms with van der Waals surface area (Å²) in [5, 5.41) is 3.43. The molecule has 0 fully saturated rings. The van der Waals surface area contributed by atoms with Gasteiger partial charge in [-0.15, -0.1) is 0 Å². The smallest absolute Gasteiger partial charge is 0.248 e. The van der Waals surface area contributed by atoms with Gasteiger partial charge in [0.1, 0.15) is 5.75 Å². The quantitative estimate of drug-likeness (QED) is 0.855. The second kappa shape index (κ2) is 6.79. The lowest BCUT2D eigenvalue weighted by atomic mass is 10.0. The van der Waals surface area contributed by atoms with Crippen molar-refractivity contribution >= 4 is 11.6 Å². The summed E-state index contributed by atoms with van der Waals surface area (Å²) in [6.07, 6.45) is 0.911. The van der Waals surface area contributed by atoms with E-state index in [0.29, 0.717) is 11.3 Å². The Labute approximate surface area is 124 Å². The first-order valence-corrected chi connectivity index (χ1v) is 6.95. The highest BCUT2D eigenvalue weighted by Crippen LogP contribution is 2.30. The second-order valence-electron chi connectivity index (χ2n) is 4.80. The van der Waals surface area contributed by atoms with Crippen LogP contribution in [0.5, 0.6) is 5.75 Å². The molecule has 4 nitrogen and oxygen atoms in total. The van der Waals surface area contributed by atoms with Crippen molar-refractivity contribution in [3.05, 3.63) is 59.7 Å². The van der Waals surface area contributed by atoms with Gasteiger partial charge < -0.3 is 15.8 Å². The summed E-state index contributed by atoms with van der Waals surface area (Å²) in [5.74, 6) is 0.239. The summed E-state index contributed by atoms with van der Waals surface area (Å²) in [5.41, 5.74) is 7.76. The van der Waals surface area contributed by atoms with Crippen LogP contribution < -0.4 is 15.8 Å². The van der Waals surface area contributed by atoms with E-state index < -0.39 is 5.91 Å². The summed E-state index contributed by atoms with van der Waals surface area (Å²) in [6.45, 7) is 2.11. The summed E-state index contributed by atoms with van der Waals surface area (Å²) < 4.78 is 5.35. The molecule has 0 saturated carbocycles. The zero-order valence-corrected chi connectivity index (χ0v) is 12.3. The van der Waals surface area contributed by atoms with Crippen LogP contribution in [0.2, 0.25) is 0 Å². The first kappa shape index (κ1) is 14.9. The van der Waals surface area contributed by atoms with Gasteiger partial charge in [-0.25, -0.2) is 0 Å². The molecule has 21 heavy (non-hydrogen) atoms. The molecule has 3 N–H and O–H groups in total. The van der Waals surface area contributed by atoms with Crippen molar-refractivity contribution in [2.24, 2.45) is 5.73 Å². The van der Waals surface area contributed by atoms with E-state index in [1.807, 2.05) is 18.2 Å². The molecule has 0 saturated heterocycles. The van der Waals surface area contributed by atoms with E-state index in [1.54, 1.807) is 25.3 Å². The van der Waals surface area contributed by atoms with Crippen molar-refractivity contribution in [3.63, 3.8) is 0 Å². The number of anilines is 1. The summed E-state index contributed by atoms with van der Waals surface area (Å²) in [7, 11) is 1.61. The summed E-state index contributed by atoms with van der Waals surface area (Å²) >= 11 is 0. The van der Waals surface area contributed by atoms with Crippen LogP contribution in [-0.2, 0) is 0 Å². The van der Waals surface area contributed by atoms with Gasteiger partial charge in [-0.05, 0) is 30.2 Å². The molecule has 0 bridgehead atoms. The maximum absolute atomic E-state index is 11.3. The lowest BCUT2D eigenvalue weighted by Crippen LogP contribution is -2.14. The number of nitrogens with one attached hydrogen (secondary N) is 1. The number of primary amides is 1. The third kappa shape index (κ3) is 3.54. The molecule has 2 aromatic rings. The Kier molecular flexibility index (Phi) is 4.82. The Balaban J connectivity index is 2.32. The molecule has 1 unspecified atom stereocenters. The predicted molar refractivity (Wildman–Crippen MR) is 84.6 cm³/mol. The molecular weight excluding hydrogens is 264 g/mol. The van der Waals surface area contributed by atoms with E-state index in [1.165, 1.54) is 5.56 Å². The second-order valence-corrected chi connectivity index (χ2v) is 4.80. The van der Waals surface area contributed by atoms with Crippen molar-refractivity contribution in [3.8, 4) is 5.75 Å². The van der Waals surface area contributed by atoms with E-state index in [-0.39, 0.29) is 6.04 Å². The molecule has 1 amide bonds. The van der Waals surface area contributed by atoms with Crippen LogP contribution in [-0.4, -0.2) is 13.0 Å². The molecule has 2 rings (SSSR count). The van der Waals surface area contributed by atoms with Gasteiger partial charge in [0.25, 0.3) is 0 Å². The van der Waals surface area contributed by atoms with Gasteiger partial charge in [-0.3, -0.25) is 4.79 Å². The predicted octanol–water partition coefficient (Wildman–Crippen LogP) is 3.36. The minimum atomic E-state index is -0.450. The van der Waals surface area contributed by atoms with E-state index >= 15 is 0 Å².